The van der Waals surface area contributed by atoms with E-state index in [4.69, 9.17) is 20.0 Å². The minimum absolute atomic E-state index is 0. The number of aromatic nitrogens is 4. The first-order valence-electron chi connectivity index (χ1n) is 10.2. The van der Waals surface area contributed by atoms with Crippen molar-refractivity contribution in [3.8, 4) is 12.1 Å². The van der Waals surface area contributed by atoms with Crippen LogP contribution in [0.3, 0.4) is 0 Å². The summed E-state index contributed by atoms with van der Waals surface area (Å²) in [6.07, 6.45) is -3.39. The number of carbonyl (C=O) groups excluding carboxylic acids is 2. The van der Waals surface area contributed by atoms with E-state index in [9.17, 15) is 40.3 Å². The summed E-state index contributed by atoms with van der Waals surface area (Å²) in [4.78, 5) is 32.2. The van der Waals surface area contributed by atoms with E-state index >= 15 is 0 Å². The Labute approximate surface area is 266 Å². The van der Waals surface area contributed by atoms with Crippen molar-refractivity contribution in [2.75, 3.05) is 0 Å². The van der Waals surface area contributed by atoms with Gasteiger partial charge in [-0.1, -0.05) is 0 Å². The molecular formula is C22H20F7KN6O4. The molecule has 0 aromatic carbocycles. The van der Waals surface area contributed by atoms with E-state index in [1.807, 2.05) is 0 Å². The smallest absolute Gasteiger partial charge is 0.469 e. The quantitative estimate of drug-likeness (QED) is 0.124. The molecule has 2 rings (SSSR count). The van der Waals surface area contributed by atoms with Gasteiger partial charge >= 0.3 is 69.5 Å². The molecule has 10 nitrogen and oxygen atoms in total. The number of ether oxygens (including phenoxy) is 2. The monoisotopic (exact) mass is 604 g/mol. The average Bonchev–Trinajstić information content (AvgIpc) is 2.74. The molecule has 0 aliphatic rings. The molecule has 0 N–H and O–H groups in total. The standard InChI is InChI=1S/C11H9F3N3O2.C7H11NO2.C4F4N2.K/c1-11(2,3)19-9(18)5(4-15)7-6(12)8(13)17-10(14)16-7;1-7(2,3)10-6(9)4-5-8;5-1-2(6)9-4(8)10-3(1)7;/h1-3H3;4H2,1-3H3;;/q-1;;;+1. The largest absolute Gasteiger partial charge is 1.00 e. The van der Waals surface area contributed by atoms with E-state index in [1.54, 1.807) is 26.8 Å². The van der Waals surface area contributed by atoms with Gasteiger partial charge in [0.15, 0.2) is 5.95 Å². The Bertz CT molecular complexity index is 1250. The molecule has 0 bridgehead atoms. The van der Waals surface area contributed by atoms with Crippen LogP contribution in [0.25, 0.3) is 0 Å². The van der Waals surface area contributed by atoms with Crippen LogP contribution in [0.1, 0.15) is 53.7 Å². The third-order valence-electron chi connectivity index (χ3n) is 3.12. The molecule has 0 saturated carbocycles. The number of nitrogens with zero attached hydrogens (tertiary/aromatic N) is 6. The topological polar surface area (TPSA) is 152 Å². The van der Waals surface area contributed by atoms with Gasteiger partial charge in [-0.15, -0.1) is 0 Å². The molecule has 0 aliphatic heterocycles. The van der Waals surface area contributed by atoms with Crippen molar-refractivity contribution in [3.05, 3.63) is 53.2 Å². The van der Waals surface area contributed by atoms with Crippen molar-refractivity contribution >= 4 is 11.9 Å². The van der Waals surface area contributed by atoms with E-state index in [1.165, 1.54) is 26.8 Å². The van der Waals surface area contributed by atoms with E-state index in [2.05, 4.69) is 19.9 Å². The van der Waals surface area contributed by atoms with E-state index in [0.29, 0.717) is 0 Å². The minimum Gasteiger partial charge on any atom is -0.469 e. The number of nitriles is 2. The molecule has 0 fully saturated rings. The fourth-order valence-electron chi connectivity index (χ4n) is 1.90. The predicted molar refractivity (Wildman–Crippen MR) is 114 cm³/mol. The number of carbonyl (C=O) groups is 2. The van der Waals surface area contributed by atoms with Crippen LogP contribution < -0.4 is 51.4 Å². The van der Waals surface area contributed by atoms with Crippen molar-refractivity contribution in [3.63, 3.8) is 0 Å². The maximum absolute atomic E-state index is 13.4. The molecule has 0 unspecified atom stereocenters. The van der Waals surface area contributed by atoms with Crippen LogP contribution in [-0.4, -0.2) is 43.1 Å². The van der Waals surface area contributed by atoms with Crippen molar-refractivity contribution in [2.45, 2.75) is 59.2 Å². The van der Waals surface area contributed by atoms with Crippen LogP contribution in [0.5, 0.6) is 0 Å². The second-order valence-corrected chi connectivity index (χ2v) is 8.74. The van der Waals surface area contributed by atoms with Gasteiger partial charge in [0.1, 0.15) is 17.6 Å². The summed E-state index contributed by atoms with van der Waals surface area (Å²) < 4.78 is 96.0. The zero-order chi connectivity index (χ0) is 30.7. The molecule has 0 spiro atoms. The first-order chi connectivity index (χ1) is 17.7. The molecule has 0 saturated heterocycles. The SMILES string of the molecule is CC(C)(C)OC(=O)CC#N.CC(C)(C)OC(=O)[C-](C#N)c1nc(F)nc(F)c1F.Fc1nc(F)c(F)c(F)n1.[K+]. The molecule has 2 aromatic rings. The van der Waals surface area contributed by atoms with Crippen molar-refractivity contribution in [2.24, 2.45) is 0 Å². The first-order valence-corrected chi connectivity index (χ1v) is 10.2. The van der Waals surface area contributed by atoms with Gasteiger partial charge < -0.3 is 13.9 Å². The van der Waals surface area contributed by atoms with Gasteiger partial charge in [0.05, 0.1) is 6.07 Å². The van der Waals surface area contributed by atoms with Gasteiger partial charge in [-0.2, -0.15) is 42.2 Å². The van der Waals surface area contributed by atoms with Gasteiger partial charge in [0, 0.05) is 17.8 Å². The molecule has 40 heavy (non-hydrogen) atoms. The number of halogens is 7. The van der Waals surface area contributed by atoms with Gasteiger partial charge in [-0.3, -0.25) is 9.59 Å². The van der Waals surface area contributed by atoms with Crippen LogP contribution in [0.15, 0.2) is 0 Å². The number of hydrogen-bond acceptors (Lipinski definition) is 10. The molecule has 0 aliphatic carbocycles. The Balaban J connectivity index is 0. The van der Waals surface area contributed by atoms with Crippen LogP contribution in [0, 0.1) is 70.2 Å². The average molecular weight is 605 g/mol. The molecular weight excluding hydrogens is 584 g/mol. The molecule has 18 heteroatoms. The van der Waals surface area contributed by atoms with Gasteiger partial charge in [0.25, 0.3) is 17.9 Å². The van der Waals surface area contributed by atoms with Gasteiger partial charge in [-0.25, -0.2) is 14.6 Å². The second kappa shape index (κ2) is 17.0. The van der Waals surface area contributed by atoms with Crippen molar-refractivity contribution < 1.29 is 101 Å². The fourth-order valence-corrected chi connectivity index (χ4v) is 1.90. The Morgan fingerprint density at radius 3 is 1.52 bits per heavy atom. The molecule has 0 amide bonds. The van der Waals surface area contributed by atoms with Gasteiger partial charge in [0.2, 0.25) is 5.82 Å². The van der Waals surface area contributed by atoms with E-state index in [0.717, 1.165) is 0 Å². The zero-order valence-electron chi connectivity index (χ0n) is 22.2. The van der Waals surface area contributed by atoms with Crippen molar-refractivity contribution in [1.29, 1.82) is 10.5 Å². The third kappa shape index (κ3) is 15.0. The minimum atomic E-state index is -1.87. The Kier molecular flexibility index (Phi) is 16.7. The Morgan fingerprint density at radius 2 is 1.15 bits per heavy atom. The van der Waals surface area contributed by atoms with Crippen molar-refractivity contribution in [1.82, 2.24) is 19.9 Å². The van der Waals surface area contributed by atoms with Crippen LogP contribution >= 0.6 is 0 Å². The van der Waals surface area contributed by atoms with E-state index in [-0.39, 0.29) is 57.8 Å². The molecule has 212 valence electrons. The Hall–Kier alpha value is -2.90. The fraction of sp³-hybridized carbons (Fsp3) is 0.409. The summed E-state index contributed by atoms with van der Waals surface area (Å²) in [6.45, 7) is 9.83. The molecule has 2 aromatic heterocycles. The van der Waals surface area contributed by atoms with Crippen LogP contribution in [-0.2, 0) is 19.1 Å². The molecule has 2 heterocycles. The van der Waals surface area contributed by atoms with Crippen LogP contribution in [0.4, 0.5) is 30.7 Å². The zero-order valence-corrected chi connectivity index (χ0v) is 25.3. The normalized spacial score (nSPS) is 10.2. The summed E-state index contributed by atoms with van der Waals surface area (Å²) in [6, 6.07) is 3.03. The summed E-state index contributed by atoms with van der Waals surface area (Å²) in [7, 11) is 0. The predicted octanol–water partition coefficient (Wildman–Crippen LogP) is 0.961. The number of hydrogen-bond donors (Lipinski definition) is 0. The summed E-state index contributed by atoms with van der Waals surface area (Å²) in [5, 5.41) is 16.9. The number of rotatable bonds is 3. The third-order valence-corrected chi connectivity index (χ3v) is 3.12. The first kappa shape index (κ1) is 39.2. The molecule has 0 radical (unpaired) electrons. The molecule has 0 atom stereocenters. The maximum atomic E-state index is 13.4. The maximum Gasteiger partial charge on any atom is 1.00 e. The van der Waals surface area contributed by atoms with E-state index < -0.39 is 76.4 Å². The summed E-state index contributed by atoms with van der Waals surface area (Å²) in [5.74, 6) is -11.6. The Morgan fingerprint density at radius 1 is 0.750 bits per heavy atom. The summed E-state index contributed by atoms with van der Waals surface area (Å²) >= 11 is 0. The second-order valence-electron chi connectivity index (χ2n) is 8.74. The summed E-state index contributed by atoms with van der Waals surface area (Å²) in [5.41, 5.74) is -2.50. The van der Waals surface area contributed by atoms with Gasteiger partial charge in [-0.05, 0) is 47.2 Å². The van der Waals surface area contributed by atoms with Crippen LogP contribution in [0.2, 0.25) is 0 Å². The number of esters is 2.